The number of carbonyl (C=O) groups is 2. The maximum Gasteiger partial charge on any atom is 0.332 e. The molecule has 4 nitrogen and oxygen atoms in total. The summed E-state index contributed by atoms with van der Waals surface area (Å²) in [6.45, 7) is 9.95. The maximum absolute atomic E-state index is 12.1. The predicted octanol–water partition coefficient (Wildman–Crippen LogP) is 2.38. The normalized spacial score (nSPS) is 18.7. The molecule has 0 bridgehead atoms. The van der Waals surface area contributed by atoms with Crippen LogP contribution >= 0.6 is 0 Å². The first-order valence-corrected chi connectivity index (χ1v) is 8.32. The second kappa shape index (κ2) is 5.36. The van der Waals surface area contributed by atoms with E-state index in [9.17, 15) is 9.59 Å². The molecule has 0 N–H and O–H groups in total. The quantitative estimate of drug-likeness (QED) is 0.581. The summed E-state index contributed by atoms with van der Waals surface area (Å²) in [6, 6.07) is 0. The van der Waals surface area contributed by atoms with Crippen molar-refractivity contribution in [3.05, 3.63) is 10.8 Å². The number of ketones is 1. The van der Waals surface area contributed by atoms with Gasteiger partial charge in [0.15, 0.2) is 5.78 Å². The van der Waals surface area contributed by atoms with Crippen LogP contribution in [0.3, 0.4) is 0 Å². The van der Waals surface area contributed by atoms with Crippen molar-refractivity contribution in [1.29, 1.82) is 0 Å². The third-order valence-electron chi connectivity index (χ3n) is 3.68. The molecule has 0 aromatic heterocycles. The molecule has 0 aliphatic carbocycles. The van der Waals surface area contributed by atoms with Gasteiger partial charge in [0.2, 0.25) is 8.32 Å². The zero-order valence-electron chi connectivity index (χ0n) is 12.0. The SMILES string of the molecule is COC(=O)C1=C(C(C)=O)CO[Si]1(C(C)C)C(C)C. The lowest BCUT2D eigenvalue weighted by Gasteiger charge is -2.35. The molecule has 0 saturated carbocycles. The second-order valence-electron chi connectivity index (χ2n) is 5.29. The largest absolute Gasteiger partial charge is 0.466 e. The van der Waals surface area contributed by atoms with E-state index in [2.05, 4.69) is 27.7 Å². The third-order valence-corrected chi connectivity index (χ3v) is 9.02. The van der Waals surface area contributed by atoms with Crippen LogP contribution in [0.25, 0.3) is 0 Å². The Morgan fingerprint density at radius 3 is 2.06 bits per heavy atom. The Balaban J connectivity index is 3.46. The van der Waals surface area contributed by atoms with Gasteiger partial charge in [0.05, 0.1) is 18.9 Å². The fourth-order valence-corrected chi connectivity index (χ4v) is 7.63. The van der Waals surface area contributed by atoms with Gasteiger partial charge < -0.3 is 9.16 Å². The van der Waals surface area contributed by atoms with E-state index in [4.69, 9.17) is 9.16 Å². The van der Waals surface area contributed by atoms with E-state index >= 15 is 0 Å². The molecule has 0 aromatic rings. The van der Waals surface area contributed by atoms with Crippen molar-refractivity contribution in [2.75, 3.05) is 13.7 Å². The lowest BCUT2D eigenvalue weighted by atomic mass is 10.2. The summed E-state index contributed by atoms with van der Waals surface area (Å²) in [7, 11) is -1.09. The first-order chi connectivity index (χ1) is 8.28. The molecule has 0 atom stereocenters. The van der Waals surface area contributed by atoms with E-state index in [-0.39, 0.29) is 23.5 Å². The number of methoxy groups -OCH3 is 1. The molecule has 102 valence electrons. The van der Waals surface area contributed by atoms with E-state index in [1.54, 1.807) is 0 Å². The lowest BCUT2D eigenvalue weighted by Crippen LogP contribution is -2.47. The summed E-state index contributed by atoms with van der Waals surface area (Å²) < 4.78 is 10.9. The standard InChI is InChI=1S/C13H22O4Si/c1-8(2)18(9(3)4)12(13(15)16-6)11(7-17-18)10(5)14/h8-9H,7H2,1-6H3. The molecule has 18 heavy (non-hydrogen) atoms. The van der Waals surface area contributed by atoms with Crippen LogP contribution in [-0.2, 0) is 18.8 Å². The number of esters is 1. The Morgan fingerprint density at radius 1 is 1.22 bits per heavy atom. The Morgan fingerprint density at radius 2 is 1.72 bits per heavy atom. The number of carbonyl (C=O) groups excluding carboxylic acids is 2. The molecule has 1 heterocycles. The highest BCUT2D eigenvalue weighted by atomic mass is 28.4. The second-order valence-corrected chi connectivity index (χ2v) is 9.98. The van der Waals surface area contributed by atoms with Crippen molar-refractivity contribution in [1.82, 2.24) is 0 Å². The van der Waals surface area contributed by atoms with Crippen molar-refractivity contribution >= 4 is 20.1 Å². The van der Waals surface area contributed by atoms with E-state index in [1.165, 1.54) is 14.0 Å². The van der Waals surface area contributed by atoms with Crippen LogP contribution < -0.4 is 0 Å². The minimum absolute atomic E-state index is 0.0916. The molecule has 0 amide bonds. The zero-order chi connectivity index (χ0) is 14.1. The zero-order valence-corrected chi connectivity index (χ0v) is 13.0. The van der Waals surface area contributed by atoms with Gasteiger partial charge in [0.25, 0.3) is 0 Å². The van der Waals surface area contributed by atoms with Crippen LogP contribution in [0, 0.1) is 0 Å². The molecule has 1 aliphatic rings. The summed E-state index contributed by atoms with van der Waals surface area (Å²) in [5.74, 6) is -0.488. The summed E-state index contributed by atoms with van der Waals surface area (Å²) in [5.41, 5.74) is 0.961. The monoisotopic (exact) mass is 270 g/mol. The molecule has 0 unspecified atom stereocenters. The summed E-state index contributed by atoms with van der Waals surface area (Å²) >= 11 is 0. The van der Waals surface area contributed by atoms with Gasteiger partial charge in [0, 0.05) is 5.57 Å². The highest BCUT2D eigenvalue weighted by molar-refractivity contribution is 6.88. The number of hydrogen-bond acceptors (Lipinski definition) is 4. The van der Waals surface area contributed by atoms with Gasteiger partial charge in [-0.3, -0.25) is 4.79 Å². The van der Waals surface area contributed by atoms with Crippen LogP contribution in [0.15, 0.2) is 10.8 Å². The molecule has 0 saturated heterocycles. The average molecular weight is 270 g/mol. The summed E-state index contributed by atoms with van der Waals surface area (Å²) in [6.07, 6.45) is 0. The minimum Gasteiger partial charge on any atom is -0.466 e. The molecule has 0 spiro atoms. The smallest absolute Gasteiger partial charge is 0.332 e. The van der Waals surface area contributed by atoms with Gasteiger partial charge in [-0.2, -0.15) is 0 Å². The average Bonchev–Trinajstić information content (AvgIpc) is 2.68. The Bertz CT molecular complexity index is 388. The highest BCUT2D eigenvalue weighted by Crippen LogP contribution is 2.44. The fourth-order valence-electron chi connectivity index (χ4n) is 2.81. The van der Waals surface area contributed by atoms with Crippen LogP contribution in [-0.4, -0.2) is 33.8 Å². The molecule has 1 aliphatic heterocycles. The molecule has 0 fully saturated rings. The molecular formula is C13H22O4Si. The third kappa shape index (κ3) is 2.17. The fraction of sp³-hybridized carbons (Fsp3) is 0.692. The highest BCUT2D eigenvalue weighted by Gasteiger charge is 2.54. The molecule has 1 rings (SSSR count). The topological polar surface area (TPSA) is 52.6 Å². The van der Waals surface area contributed by atoms with E-state index in [0.717, 1.165) is 0 Å². The Labute approximate surface area is 109 Å². The van der Waals surface area contributed by atoms with Crippen LogP contribution in [0.5, 0.6) is 0 Å². The van der Waals surface area contributed by atoms with Crippen molar-refractivity contribution < 1.29 is 18.8 Å². The van der Waals surface area contributed by atoms with Crippen LogP contribution in [0.1, 0.15) is 34.6 Å². The van der Waals surface area contributed by atoms with E-state index in [0.29, 0.717) is 10.8 Å². The number of hydrogen-bond donors (Lipinski definition) is 0. The van der Waals surface area contributed by atoms with Crippen LogP contribution in [0.4, 0.5) is 0 Å². The Hall–Kier alpha value is -0.943. The minimum atomic E-state index is -2.44. The van der Waals surface area contributed by atoms with Gasteiger partial charge in [-0.15, -0.1) is 0 Å². The van der Waals surface area contributed by atoms with E-state index < -0.39 is 14.3 Å². The number of rotatable bonds is 4. The van der Waals surface area contributed by atoms with Gasteiger partial charge in [-0.1, -0.05) is 27.7 Å². The maximum atomic E-state index is 12.1. The number of Topliss-reactive ketones (excluding diaryl/α,β-unsaturated/α-hetero) is 1. The Kier molecular flexibility index (Phi) is 4.50. The van der Waals surface area contributed by atoms with Gasteiger partial charge in [-0.25, -0.2) is 4.79 Å². The van der Waals surface area contributed by atoms with Crippen LogP contribution in [0.2, 0.25) is 11.1 Å². The molecular weight excluding hydrogens is 248 g/mol. The first kappa shape index (κ1) is 15.1. The van der Waals surface area contributed by atoms with Gasteiger partial charge in [-0.05, 0) is 18.0 Å². The van der Waals surface area contributed by atoms with Crippen molar-refractivity contribution in [2.24, 2.45) is 0 Å². The predicted molar refractivity (Wildman–Crippen MR) is 71.6 cm³/mol. The molecule has 0 radical (unpaired) electrons. The summed E-state index contributed by atoms with van der Waals surface area (Å²) in [5, 5.41) is 0.544. The molecule has 0 aromatic carbocycles. The van der Waals surface area contributed by atoms with Gasteiger partial charge in [0.1, 0.15) is 0 Å². The summed E-state index contributed by atoms with van der Waals surface area (Å²) in [4.78, 5) is 23.8. The van der Waals surface area contributed by atoms with Crippen molar-refractivity contribution in [2.45, 2.75) is 45.7 Å². The van der Waals surface area contributed by atoms with Gasteiger partial charge >= 0.3 is 5.97 Å². The molecule has 5 heteroatoms. The van der Waals surface area contributed by atoms with E-state index in [1.807, 2.05) is 0 Å². The van der Waals surface area contributed by atoms with Crippen molar-refractivity contribution in [3.63, 3.8) is 0 Å². The first-order valence-electron chi connectivity index (χ1n) is 6.25. The lowest BCUT2D eigenvalue weighted by molar-refractivity contribution is -0.135. The number of ether oxygens (including phenoxy) is 1. The van der Waals surface area contributed by atoms with Crippen molar-refractivity contribution in [3.8, 4) is 0 Å².